The summed E-state index contributed by atoms with van der Waals surface area (Å²) in [4.78, 5) is 12.7. The summed E-state index contributed by atoms with van der Waals surface area (Å²) in [5.41, 5.74) is 1.88. The molecule has 4 unspecified atom stereocenters. The summed E-state index contributed by atoms with van der Waals surface area (Å²) in [7, 11) is 0. The highest BCUT2D eigenvalue weighted by Gasteiger charge is 2.59. The van der Waals surface area contributed by atoms with E-state index in [4.69, 9.17) is 4.74 Å². The number of ether oxygens (including phenoxy) is 1. The van der Waals surface area contributed by atoms with Gasteiger partial charge in [0.2, 0.25) is 5.91 Å². The fraction of sp³-hybridized carbons (Fsp3) is 0.652. The smallest absolute Gasteiger partial charge is 0.368 e. The highest BCUT2D eigenvalue weighted by molar-refractivity contribution is 5.82. The van der Waals surface area contributed by atoms with Gasteiger partial charge < -0.3 is 15.4 Å². The van der Waals surface area contributed by atoms with Crippen molar-refractivity contribution in [3.05, 3.63) is 29.8 Å². The Morgan fingerprint density at radius 1 is 1.27 bits per heavy atom. The second-order valence-corrected chi connectivity index (χ2v) is 9.45. The second-order valence-electron chi connectivity index (χ2n) is 9.45. The van der Waals surface area contributed by atoms with Gasteiger partial charge in [-0.2, -0.15) is 18.4 Å². The third-order valence-corrected chi connectivity index (χ3v) is 7.44. The minimum Gasteiger partial charge on any atom is -0.368 e. The van der Waals surface area contributed by atoms with Crippen LogP contribution in [-0.2, 0) is 15.1 Å². The maximum Gasteiger partial charge on any atom is 0.421 e. The first-order valence-corrected chi connectivity index (χ1v) is 11.6. The second kappa shape index (κ2) is 8.46. The first-order chi connectivity index (χ1) is 15.8. The Bertz CT molecular complexity index is 922. The molecule has 1 saturated carbocycles. The van der Waals surface area contributed by atoms with Crippen molar-refractivity contribution in [3.63, 3.8) is 0 Å². The lowest BCUT2D eigenvalue weighted by Crippen LogP contribution is -2.52. The van der Waals surface area contributed by atoms with Crippen LogP contribution in [0.15, 0.2) is 24.3 Å². The molecular formula is C23H28F3N5O2. The molecule has 4 aliphatic rings. The van der Waals surface area contributed by atoms with Gasteiger partial charge in [-0.3, -0.25) is 4.79 Å². The Labute approximate surface area is 190 Å². The first kappa shape index (κ1) is 22.4. The number of hydrogen-bond donors (Lipinski definition) is 3. The Morgan fingerprint density at radius 3 is 2.64 bits per heavy atom. The van der Waals surface area contributed by atoms with Crippen LogP contribution in [-0.4, -0.2) is 48.5 Å². The van der Waals surface area contributed by atoms with Crippen molar-refractivity contribution in [1.82, 2.24) is 15.8 Å². The van der Waals surface area contributed by atoms with Crippen molar-refractivity contribution in [2.24, 2.45) is 11.8 Å². The predicted molar refractivity (Wildman–Crippen MR) is 113 cm³/mol. The topological polar surface area (TPSA) is 89.4 Å². The highest BCUT2D eigenvalue weighted by atomic mass is 19.4. The number of nitriles is 1. The molecule has 10 heteroatoms. The third-order valence-electron chi connectivity index (χ3n) is 7.44. The van der Waals surface area contributed by atoms with Gasteiger partial charge in [0.15, 0.2) is 5.60 Å². The number of carbonyl (C=O) groups excluding carboxylic acids is 1. The predicted octanol–water partition coefficient (Wildman–Crippen LogP) is 3.01. The van der Waals surface area contributed by atoms with E-state index in [1.54, 1.807) is 12.1 Å². The van der Waals surface area contributed by atoms with Gasteiger partial charge in [0.05, 0.1) is 18.4 Å². The summed E-state index contributed by atoms with van der Waals surface area (Å²) in [5.74, 6) is 0.0288. The first-order valence-electron chi connectivity index (χ1n) is 11.6. The number of nitrogens with zero attached hydrogens (tertiary/aromatic N) is 2. The van der Waals surface area contributed by atoms with E-state index in [0.29, 0.717) is 31.0 Å². The minimum atomic E-state index is -4.49. The molecule has 5 atom stereocenters. The van der Waals surface area contributed by atoms with E-state index in [0.717, 1.165) is 19.3 Å². The van der Waals surface area contributed by atoms with Gasteiger partial charge in [0, 0.05) is 30.9 Å². The van der Waals surface area contributed by atoms with Crippen LogP contribution >= 0.6 is 0 Å². The molecular weight excluding hydrogens is 435 g/mol. The quantitative estimate of drug-likeness (QED) is 0.601. The van der Waals surface area contributed by atoms with E-state index in [1.807, 2.05) is 0 Å². The van der Waals surface area contributed by atoms with Gasteiger partial charge in [-0.1, -0.05) is 12.1 Å². The van der Waals surface area contributed by atoms with E-state index < -0.39 is 17.9 Å². The third kappa shape index (κ3) is 3.96. The lowest BCUT2D eigenvalue weighted by molar-refractivity contribution is -0.269. The van der Waals surface area contributed by atoms with Crippen molar-refractivity contribution in [3.8, 4) is 6.07 Å². The summed E-state index contributed by atoms with van der Waals surface area (Å²) in [5, 5.41) is 17.7. The van der Waals surface area contributed by atoms with E-state index in [-0.39, 0.29) is 42.5 Å². The van der Waals surface area contributed by atoms with Crippen molar-refractivity contribution < 1.29 is 22.7 Å². The SMILES string of the molecule is N#CC[C@@H](C1CC1)N1NC(Nc2ccc(C3(C(F)(F)F)CCCO3)cc2)C2C(=O)NCCC21. The van der Waals surface area contributed by atoms with Crippen LogP contribution in [0.25, 0.3) is 0 Å². The van der Waals surface area contributed by atoms with E-state index >= 15 is 0 Å². The number of piperidine rings is 1. The number of nitrogens with one attached hydrogen (secondary N) is 3. The summed E-state index contributed by atoms with van der Waals surface area (Å²) < 4.78 is 46.6. The number of anilines is 1. The normalized spacial score (nSPS) is 33.3. The average molecular weight is 464 g/mol. The summed E-state index contributed by atoms with van der Waals surface area (Å²) in [6.07, 6.45) is -1.30. The van der Waals surface area contributed by atoms with Gasteiger partial charge in [-0.15, -0.1) is 0 Å². The number of carbonyl (C=O) groups is 1. The molecule has 178 valence electrons. The summed E-state index contributed by atoms with van der Waals surface area (Å²) >= 11 is 0. The number of alkyl halides is 3. The zero-order valence-corrected chi connectivity index (χ0v) is 18.2. The number of fused-ring (bicyclic) bond motifs is 1. The Balaban J connectivity index is 1.36. The molecule has 1 aromatic carbocycles. The van der Waals surface area contributed by atoms with Crippen LogP contribution in [0.2, 0.25) is 0 Å². The van der Waals surface area contributed by atoms with Crippen molar-refractivity contribution in [1.29, 1.82) is 5.26 Å². The largest absolute Gasteiger partial charge is 0.421 e. The molecule has 0 radical (unpaired) electrons. The minimum absolute atomic E-state index is 0.0325. The van der Waals surface area contributed by atoms with Crippen LogP contribution < -0.4 is 16.1 Å². The molecule has 0 bridgehead atoms. The Hall–Kier alpha value is -2.35. The van der Waals surface area contributed by atoms with Gasteiger partial charge in [-0.25, -0.2) is 10.4 Å². The van der Waals surface area contributed by atoms with E-state index in [2.05, 4.69) is 27.1 Å². The average Bonchev–Trinajstić information content (AvgIpc) is 3.36. The van der Waals surface area contributed by atoms with E-state index in [9.17, 15) is 23.2 Å². The van der Waals surface area contributed by atoms with Crippen LogP contribution in [0.3, 0.4) is 0 Å². The van der Waals surface area contributed by atoms with Crippen molar-refractivity contribution in [2.75, 3.05) is 18.5 Å². The molecule has 1 aliphatic carbocycles. The maximum absolute atomic E-state index is 13.8. The number of hydrogen-bond acceptors (Lipinski definition) is 6. The molecule has 3 heterocycles. The molecule has 3 saturated heterocycles. The Kier molecular flexibility index (Phi) is 5.75. The molecule has 1 aromatic rings. The number of halogens is 3. The zero-order valence-electron chi connectivity index (χ0n) is 18.2. The molecule has 0 spiro atoms. The van der Waals surface area contributed by atoms with Crippen molar-refractivity contribution in [2.45, 2.75) is 68.6 Å². The fourth-order valence-corrected chi connectivity index (χ4v) is 5.64. The summed E-state index contributed by atoms with van der Waals surface area (Å²) in [6, 6.07) is 8.42. The van der Waals surface area contributed by atoms with Gasteiger partial charge in [0.25, 0.3) is 0 Å². The fourth-order valence-electron chi connectivity index (χ4n) is 5.64. The maximum atomic E-state index is 13.8. The van der Waals surface area contributed by atoms with Crippen molar-refractivity contribution >= 4 is 11.6 Å². The molecule has 4 fully saturated rings. The molecule has 3 aliphatic heterocycles. The lowest BCUT2D eigenvalue weighted by Gasteiger charge is -2.34. The van der Waals surface area contributed by atoms with Gasteiger partial charge in [0.1, 0.15) is 6.17 Å². The zero-order chi connectivity index (χ0) is 23.2. The standard InChI is InChI=1S/C23H28F3N5O2/c24-23(25,26)22(10-1-13-33-22)15-4-6-16(7-5-15)29-20-19-18(9-12-28-21(19)32)31(30-20)17(8-11-27)14-2-3-14/h4-7,14,17-20,29-30H,1-3,8-10,12-13H2,(H,28,32)/t17-,18?,19?,20?,22?/m0/s1. The van der Waals surface area contributed by atoms with Crippen LogP contribution in [0.1, 0.15) is 44.1 Å². The number of amides is 1. The molecule has 0 aromatic heterocycles. The lowest BCUT2D eigenvalue weighted by atomic mass is 9.89. The van der Waals surface area contributed by atoms with Crippen LogP contribution in [0.4, 0.5) is 18.9 Å². The Morgan fingerprint density at radius 2 is 2.03 bits per heavy atom. The number of rotatable bonds is 6. The number of hydrazine groups is 1. The molecule has 3 N–H and O–H groups in total. The number of benzene rings is 1. The molecule has 33 heavy (non-hydrogen) atoms. The van der Waals surface area contributed by atoms with Gasteiger partial charge in [-0.05, 0) is 55.7 Å². The highest BCUT2D eigenvalue weighted by Crippen LogP contribution is 2.49. The summed E-state index contributed by atoms with van der Waals surface area (Å²) in [6.45, 7) is 0.674. The molecule has 1 amide bonds. The van der Waals surface area contributed by atoms with Gasteiger partial charge >= 0.3 is 6.18 Å². The monoisotopic (exact) mass is 463 g/mol. The molecule has 7 nitrogen and oxygen atoms in total. The molecule has 5 rings (SSSR count). The van der Waals surface area contributed by atoms with E-state index in [1.165, 1.54) is 12.1 Å². The van der Waals surface area contributed by atoms with Crippen LogP contribution in [0.5, 0.6) is 0 Å². The van der Waals surface area contributed by atoms with Crippen LogP contribution in [0, 0.1) is 23.2 Å².